The number of nitrogens with zero attached hydrogens (tertiary/aromatic N) is 5. The summed E-state index contributed by atoms with van der Waals surface area (Å²) in [6, 6.07) is 0. The van der Waals surface area contributed by atoms with Crippen molar-refractivity contribution < 1.29 is 30.3 Å². The van der Waals surface area contributed by atoms with Gasteiger partial charge in [0.15, 0.2) is 5.60 Å². The Morgan fingerprint density at radius 1 is 1.48 bits per heavy atom. The second-order valence-electron chi connectivity index (χ2n) is 4.91. The SMILES string of the molecule is NC(=O)C1(O)CCCN(c2nc(N)nc3[n-]ncc23)C1.[Re]. The summed E-state index contributed by atoms with van der Waals surface area (Å²) in [5, 5.41) is 18.5. The topological polar surface area (TPSA) is 145 Å². The third-order valence-electron chi connectivity index (χ3n) is 3.49. The van der Waals surface area contributed by atoms with E-state index in [0.717, 1.165) is 0 Å². The molecule has 1 aliphatic rings. The van der Waals surface area contributed by atoms with Crippen LogP contribution in [0.2, 0.25) is 0 Å². The van der Waals surface area contributed by atoms with Crippen molar-refractivity contribution in [2.45, 2.75) is 18.4 Å². The van der Waals surface area contributed by atoms with Gasteiger partial charge >= 0.3 is 0 Å². The number of rotatable bonds is 2. The number of amides is 1. The molecular formula is C11H14N7O2Re-. The van der Waals surface area contributed by atoms with Crippen LogP contribution in [0.25, 0.3) is 11.0 Å². The Labute approximate surface area is 133 Å². The maximum absolute atomic E-state index is 11.4. The van der Waals surface area contributed by atoms with Crippen molar-refractivity contribution in [2.24, 2.45) is 5.73 Å². The average molecular weight is 462 g/mol. The van der Waals surface area contributed by atoms with E-state index >= 15 is 0 Å². The Hall–Kier alpha value is -1.76. The zero-order valence-electron chi connectivity index (χ0n) is 11.0. The molecule has 1 fully saturated rings. The van der Waals surface area contributed by atoms with E-state index in [-0.39, 0.29) is 32.9 Å². The van der Waals surface area contributed by atoms with Gasteiger partial charge in [-0.3, -0.25) is 9.89 Å². The van der Waals surface area contributed by atoms with Gasteiger partial charge in [0.25, 0.3) is 5.91 Å². The fourth-order valence-corrected chi connectivity index (χ4v) is 2.45. The van der Waals surface area contributed by atoms with E-state index in [2.05, 4.69) is 20.2 Å². The van der Waals surface area contributed by atoms with Crippen LogP contribution in [0.1, 0.15) is 12.8 Å². The zero-order chi connectivity index (χ0) is 14.3. The number of anilines is 2. The minimum Gasteiger partial charge on any atom is -0.403 e. The molecule has 0 aliphatic carbocycles. The van der Waals surface area contributed by atoms with Crippen LogP contribution in [-0.4, -0.2) is 44.8 Å². The second-order valence-corrected chi connectivity index (χ2v) is 4.91. The Morgan fingerprint density at radius 3 is 2.95 bits per heavy atom. The summed E-state index contributed by atoms with van der Waals surface area (Å²) in [7, 11) is 0. The van der Waals surface area contributed by atoms with Gasteiger partial charge in [0.05, 0.1) is 6.54 Å². The molecule has 10 heteroatoms. The van der Waals surface area contributed by atoms with Crippen molar-refractivity contribution >= 4 is 28.7 Å². The van der Waals surface area contributed by atoms with Gasteiger partial charge in [-0.2, -0.15) is 0 Å². The first-order valence-electron chi connectivity index (χ1n) is 6.18. The summed E-state index contributed by atoms with van der Waals surface area (Å²) in [6.07, 6.45) is 2.48. The number of aromatic nitrogens is 4. The number of nitrogen functional groups attached to an aromatic ring is 1. The maximum Gasteiger partial charge on any atom is 0.251 e. The van der Waals surface area contributed by atoms with Crippen LogP contribution >= 0.6 is 0 Å². The molecule has 1 unspecified atom stereocenters. The van der Waals surface area contributed by atoms with Crippen LogP contribution in [0.15, 0.2) is 6.20 Å². The summed E-state index contributed by atoms with van der Waals surface area (Å²) in [5.41, 5.74) is 9.75. The van der Waals surface area contributed by atoms with Gasteiger partial charge < -0.3 is 31.6 Å². The number of fused-ring (bicyclic) bond motifs is 1. The average Bonchev–Trinajstić information content (AvgIpc) is 2.85. The number of carbonyl (C=O) groups excluding carboxylic acids is 1. The van der Waals surface area contributed by atoms with E-state index in [1.165, 1.54) is 6.20 Å². The van der Waals surface area contributed by atoms with Crippen LogP contribution in [0.4, 0.5) is 11.8 Å². The molecule has 3 heterocycles. The predicted octanol–water partition coefficient (Wildman–Crippen LogP) is -1.62. The Kier molecular flexibility index (Phi) is 4.13. The van der Waals surface area contributed by atoms with Crippen LogP contribution in [0.5, 0.6) is 0 Å². The van der Waals surface area contributed by atoms with E-state index in [1.54, 1.807) is 4.90 Å². The standard InChI is InChI=1S/C11H15N7O2.Re/c12-9(19)11(20)2-1-3-18(5-11)8-6-4-14-17-7(6)15-10(13)16-8;/h4,20H,1-3,5H2,(H5,12,13,14,15,16,17,19);/p-1. The van der Waals surface area contributed by atoms with Crippen molar-refractivity contribution in [1.82, 2.24) is 20.2 Å². The van der Waals surface area contributed by atoms with Gasteiger partial charge in [-0.25, -0.2) is 4.98 Å². The predicted molar refractivity (Wildman–Crippen MR) is 70.7 cm³/mol. The van der Waals surface area contributed by atoms with Crippen LogP contribution in [-0.2, 0) is 25.2 Å². The third-order valence-corrected chi connectivity index (χ3v) is 3.49. The van der Waals surface area contributed by atoms with Crippen molar-refractivity contribution in [1.29, 1.82) is 0 Å². The number of carbonyl (C=O) groups is 1. The molecule has 5 N–H and O–H groups in total. The monoisotopic (exact) mass is 463 g/mol. The molecule has 3 rings (SSSR count). The first-order chi connectivity index (χ1) is 9.49. The van der Waals surface area contributed by atoms with Gasteiger partial charge in [-0.15, -0.1) is 0 Å². The summed E-state index contributed by atoms with van der Waals surface area (Å²) in [6.45, 7) is 0.700. The van der Waals surface area contributed by atoms with Gasteiger partial charge in [0.2, 0.25) is 0 Å². The molecule has 1 atom stereocenters. The maximum atomic E-state index is 11.4. The normalized spacial score (nSPS) is 22.0. The number of hydrogen-bond acceptors (Lipinski definition) is 7. The quantitative estimate of drug-likeness (QED) is 0.483. The number of piperidine rings is 1. The third kappa shape index (κ3) is 2.70. The van der Waals surface area contributed by atoms with E-state index in [4.69, 9.17) is 11.5 Å². The van der Waals surface area contributed by atoms with Gasteiger partial charge in [-0.1, -0.05) is 0 Å². The first-order valence-corrected chi connectivity index (χ1v) is 6.18. The number of hydrogen-bond donors (Lipinski definition) is 3. The summed E-state index contributed by atoms with van der Waals surface area (Å²) >= 11 is 0. The second kappa shape index (κ2) is 5.56. The molecule has 1 aliphatic heterocycles. The van der Waals surface area contributed by atoms with Crippen LogP contribution in [0.3, 0.4) is 0 Å². The fraction of sp³-hybridized carbons (Fsp3) is 0.455. The van der Waals surface area contributed by atoms with E-state index < -0.39 is 11.5 Å². The van der Waals surface area contributed by atoms with Crippen LogP contribution < -0.4 is 21.5 Å². The molecule has 2 aromatic heterocycles. The molecule has 0 aromatic carbocycles. The number of aliphatic hydroxyl groups is 1. The molecule has 21 heavy (non-hydrogen) atoms. The molecule has 0 spiro atoms. The van der Waals surface area contributed by atoms with Gasteiger partial charge in [0.1, 0.15) is 11.8 Å². The zero-order valence-corrected chi connectivity index (χ0v) is 13.7. The molecule has 0 saturated carbocycles. The molecule has 9 nitrogen and oxygen atoms in total. The van der Waals surface area contributed by atoms with Gasteiger partial charge in [-0.05, 0) is 18.5 Å². The van der Waals surface area contributed by atoms with Crippen LogP contribution in [0, 0.1) is 0 Å². The van der Waals surface area contributed by atoms with Crippen molar-refractivity contribution in [2.75, 3.05) is 23.7 Å². The Balaban J connectivity index is 0.00000161. The molecule has 1 amide bonds. The minimum atomic E-state index is -1.56. The van der Waals surface area contributed by atoms with Crippen molar-refractivity contribution in [3.05, 3.63) is 6.20 Å². The van der Waals surface area contributed by atoms with E-state index in [0.29, 0.717) is 36.2 Å². The van der Waals surface area contributed by atoms with Crippen molar-refractivity contribution in [3.8, 4) is 0 Å². The molecule has 2 aromatic rings. The summed E-state index contributed by atoms with van der Waals surface area (Å²) in [5.74, 6) is -0.155. The summed E-state index contributed by atoms with van der Waals surface area (Å²) < 4.78 is 0. The molecule has 1 saturated heterocycles. The van der Waals surface area contributed by atoms with E-state index in [9.17, 15) is 9.90 Å². The fourth-order valence-electron chi connectivity index (χ4n) is 2.45. The smallest absolute Gasteiger partial charge is 0.251 e. The largest absolute Gasteiger partial charge is 0.403 e. The number of β-amino-alcohol motifs (C(OH)–C–C–N with tert-alkyl or cyclic N) is 1. The Bertz CT molecular complexity index is 676. The molecule has 0 bridgehead atoms. The first kappa shape index (κ1) is 15.6. The van der Waals surface area contributed by atoms with Crippen molar-refractivity contribution in [3.63, 3.8) is 0 Å². The number of nitrogens with two attached hydrogens (primary N) is 2. The number of primary amides is 1. The van der Waals surface area contributed by atoms with Gasteiger partial charge in [0, 0.05) is 38.6 Å². The molecule has 113 valence electrons. The molecular weight excluding hydrogens is 448 g/mol. The summed E-state index contributed by atoms with van der Waals surface area (Å²) in [4.78, 5) is 21.3. The van der Waals surface area contributed by atoms with E-state index in [1.807, 2.05) is 0 Å². The minimum absolute atomic E-state index is 0. The Morgan fingerprint density at radius 2 is 2.24 bits per heavy atom. The molecule has 1 radical (unpaired) electrons.